The number of hydrogen-bond acceptors (Lipinski definition) is 6. The van der Waals surface area contributed by atoms with Crippen molar-refractivity contribution < 1.29 is 14.1 Å². The lowest BCUT2D eigenvalue weighted by atomic mass is 10.2. The fraction of sp³-hybridized carbons (Fsp3) is 0.143. The fourth-order valence-corrected chi connectivity index (χ4v) is 1.80. The Balaban J connectivity index is 1.65. The summed E-state index contributed by atoms with van der Waals surface area (Å²) < 4.78 is 11.7. The van der Waals surface area contributed by atoms with Crippen LogP contribution in [0.4, 0.5) is 0 Å². The van der Waals surface area contributed by atoms with E-state index in [2.05, 4.69) is 15.2 Å². The van der Waals surface area contributed by atoms with Gasteiger partial charge in [-0.3, -0.25) is 0 Å². The molecular weight excluding hydrogens is 272 g/mol. The molecule has 2 aromatic heterocycles. The minimum Gasteiger partial charge on any atom is -0.454 e. The van der Waals surface area contributed by atoms with Gasteiger partial charge in [0.2, 0.25) is 0 Å². The number of aryl methyl sites for hydroxylation is 1. The molecule has 0 atom stereocenters. The maximum atomic E-state index is 11.9. The average Bonchev–Trinajstić information content (AvgIpc) is 3.16. The van der Waals surface area contributed by atoms with Gasteiger partial charge in [-0.1, -0.05) is 5.16 Å². The first-order valence-electron chi connectivity index (χ1n) is 6.27. The summed E-state index contributed by atoms with van der Waals surface area (Å²) >= 11 is 0. The van der Waals surface area contributed by atoms with E-state index in [0.29, 0.717) is 11.3 Å². The minimum absolute atomic E-state index is 0.0600. The van der Waals surface area contributed by atoms with Crippen molar-refractivity contribution in [3.8, 4) is 5.69 Å². The van der Waals surface area contributed by atoms with E-state index >= 15 is 0 Å². The molecule has 0 aliphatic carbocycles. The zero-order valence-corrected chi connectivity index (χ0v) is 11.3. The van der Waals surface area contributed by atoms with E-state index in [1.165, 1.54) is 6.33 Å². The third kappa shape index (κ3) is 2.97. The summed E-state index contributed by atoms with van der Waals surface area (Å²) in [5, 5.41) is 7.73. The summed E-state index contributed by atoms with van der Waals surface area (Å²) in [5.74, 6) is 0.0919. The predicted molar refractivity (Wildman–Crippen MR) is 71.7 cm³/mol. The van der Waals surface area contributed by atoms with E-state index in [-0.39, 0.29) is 6.61 Å². The fourth-order valence-electron chi connectivity index (χ4n) is 1.80. The quantitative estimate of drug-likeness (QED) is 0.681. The Hall–Kier alpha value is -2.96. The number of carbonyl (C=O) groups is 1. The molecule has 0 N–H and O–H groups in total. The van der Waals surface area contributed by atoms with Crippen molar-refractivity contribution in [2.45, 2.75) is 13.5 Å². The Morgan fingerprint density at radius 2 is 2.14 bits per heavy atom. The molecule has 3 rings (SSSR count). The molecule has 7 nitrogen and oxygen atoms in total. The van der Waals surface area contributed by atoms with E-state index < -0.39 is 5.97 Å². The molecule has 0 amide bonds. The molecule has 0 saturated heterocycles. The van der Waals surface area contributed by atoms with Crippen LogP contribution < -0.4 is 0 Å². The Labute approximate surface area is 120 Å². The molecule has 3 aromatic rings. The molecule has 0 aliphatic rings. The van der Waals surface area contributed by atoms with Gasteiger partial charge in [0.1, 0.15) is 12.7 Å². The first-order chi connectivity index (χ1) is 10.2. The molecule has 0 unspecified atom stereocenters. The Morgan fingerprint density at radius 3 is 2.76 bits per heavy atom. The van der Waals surface area contributed by atoms with E-state index in [1.807, 2.05) is 0 Å². The Morgan fingerprint density at radius 1 is 1.33 bits per heavy atom. The van der Waals surface area contributed by atoms with Crippen LogP contribution >= 0.6 is 0 Å². The summed E-state index contributed by atoms with van der Waals surface area (Å²) in [7, 11) is 0. The lowest BCUT2D eigenvalue weighted by molar-refractivity contribution is 0.0437. The lowest BCUT2D eigenvalue weighted by Crippen LogP contribution is -2.05. The number of rotatable bonds is 4. The van der Waals surface area contributed by atoms with Gasteiger partial charge in [0, 0.05) is 6.07 Å². The third-order valence-electron chi connectivity index (χ3n) is 2.81. The van der Waals surface area contributed by atoms with Crippen molar-refractivity contribution in [1.29, 1.82) is 0 Å². The van der Waals surface area contributed by atoms with Crippen LogP contribution in [0, 0.1) is 6.92 Å². The van der Waals surface area contributed by atoms with Gasteiger partial charge in [0.05, 0.1) is 16.9 Å². The zero-order chi connectivity index (χ0) is 14.7. The highest BCUT2D eigenvalue weighted by molar-refractivity contribution is 5.89. The van der Waals surface area contributed by atoms with Crippen LogP contribution in [0.15, 0.2) is 47.5 Å². The SMILES string of the molecule is Cc1cc(COC(=O)c2ccc(-n3cncn3)cc2)on1. The highest BCUT2D eigenvalue weighted by Crippen LogP contribution is 2.11. The molecule has 0 spiro atoms. The van der Waals surface area contributed by atoms with Gasteiger partial charge in [0.15, 0.2) is 12.4 Å². The van der Waals surface area contributed by atoms with Gasteiger partial charge in [-0.05, 0) is 31.2 Å². The molecule has 21 heavy (non-hydrogen) atoms. The van der Waals surface area contributed by atoms with Crippen molar-refractivity contribution in [3.05, 3.63) is 60.0 Å². The predicted octanol–water partition coefficient (Wildman–Crippen LogP) is 1.92. The van der Waals surface area contributed by atoms with Gasteiger partial charge in [-0.2, -0.15) is 5.10 Å². The van der Waals surface area contributed by atoms with Gasteiger partial charge in [-0.15, -0.1) is 0 Å². The molecule has 2 heterocycles. The highest BCUT2D eigenvalue weighted by atomic mass is 16.5. The van der Waals surface area contributed by atoms with Crippen molar-refractivity contribution >= 4 is 5.97 Å². The molecule has 0 aliphatic heterocycles. The highest BCUT2D eigenvalue weighted by Gasteiger charge is 2.09. The second-order valence-electron chi connectivity index (χ2n) is 4.40. The van der Waals surface area contributed by atoms with E-state index in [1.54, 1.807) is 48.3 Å². The summed E-state index contributed by atoms with van der Waals surface area (Å²) in [4.78, 5) is 15.8. The Kier molecular flexibility index (Phi) is 3.46. The molecule has 0 fully saturated rings. The number of carbonyl (C=O) groups excluding carboxylic acids is 1. The number of ether oxygens (including phenoxy) is 1. The molecule has 106 valence electrons. The number of hydrogen-bond donors (Lipinski definition) is 0. The Bertz CT molecular complexity index is 732. The third-order valence-corrected chi connectivity index (χ3v) is 2.81. The molecule has 7 heteroatoms. The summed E-state index contributed by atoms with van der Waals surface area (Å²) in [5.41, 5.74) is 2.02. The van der Waals surface area contributed by atoms with Crippen LogP contribution in [0.2, 0.25) is 0 Å². The maximum Gasteiger partial charge on any atom is 0.338 e. The standard InChI is InChI=1S/C14H12N4O3/c1-10-6-13(21-17-10)7-20-14(19)11-2-4-12(5-3-11)18-9-15-8-16-18/h2-6,8-9H,7H2,1H3. The largest absolute Gasteiger partial charge is 0.454 e. The van der Waals surface area contributed by atoms with Crippen LogP contribution in [-0.2, 0) is 11.3 Å². The monoisotopic (exact) mass is 284 g/mol. The van der Waals surface area contributed by atoms with Crippen LogP contribution in [-0.4, -0.2) is 25.9 Å². The van der Waals surface area contributed by atoms with Crippen LogP contribution in [0.1, 0.15) is 21.8 Å². The van der Waals surface area contributed by atoms with Crippen LogP contribution in [0.25, 0.3) is 5.69 Å². The first-order valence-corrected chi connectivity index (χ1v) is 6.27. The summed E-state index contributed by atoms with van der Waals surface area (Å²) in [6, 6.07) is 8.60. The zero-order valence-electron chi connectivity index (χ0n) is 11.3. The van der Waals surface area contributed by atoms with Crippen LogP contribution in [0.3, 0.4) is 0 Å². The normalized spacial score (nSPS) is 10.5. The van der Waals surface area contributed by atoms with Gasteiger partial charge in [-0.25, -0.2) is 14.5 Å². The van der Waals surface area contributed by atoms with Gasteiger partial charge in [0.25, 0.3) is 0 Å². The number of nitrogens with zero attached hydrogens (tertiary/aromatic N) is 4. The first kappa shape index (κ1) is 13.0. The van der Waals surface area contributed by atoms with Crippen molar-refractivity contribution in [1.82, 2.24) is 19.9 Å². The molecule has 1 aromatic carbocycles. The molecular formula is C14H12N4O3. The van der Waals surface area contributed by atoms with E-state index in [0.717, 1.165) is 11.4 Å². The summed E-state index contributed by atoms with van der Waals surface area (Å²) in [6.45, 7) is 1.86. The second kappa shape index (κ2) is 5.58. The molecule has 0 radical (unpaired) electrons. The van der Waals surface area contributed by atoms with E-state index in [9.17, 15) is 4.79 Å². The van der Waals surface area contributed by atoms with Gasteiger partial charge >= 0.3 is 5.97 Å². The maximum absolute atomic E-state index is 11.9. The van der Waals surface area contributed by atoms with Crippen molar-refractivity contribution in [3.63, 3.8) is 0 Å². The number of benzene rings is 1. The molecule has 0 bridgehead atoms. The summed E-state index contributed by atoms with van der Waals surface area (Å²) in [6.07, 6.45) is 3.03. The minimum atomic E-state index is -0.422. The van der Waals surface area contributed by atoms with Crippen molar-refractivity contribution in [2.75, 3.05) is 0 Å². The van der Waals surface area contributed by atoms with E-state index in [4.69, 9.17) is 9.26 Å². The lowest BCUT2D eigenvalue weighted by Gasteiger charge is -2.04. The smallest absolute Gasteiger partial charge is 0.338 e. The van der Waals surface area contributed by atoms with Gasteiger partial charge < -0.3 is 9.26 Å². The number of esters is 1. The number of aromatic nitrogens is 4. The van der Waals surface area contributed by atoms with Crippen LogP contribution in [0.5, 0.6) is 0 Å². The molecule has 0 saturated carbocycles. The van der Waals surface area contributed by atoms with Crippen molar-refractivity contribution in [2.24, 2.45) is 0 Å². The topological polar surface area (TPSA) is 83.0 Å². The average molecular weight is 284 g/mol. The second-order valence-corrected chi connectivity index (χ2v) is 4.40.